The first-order chi connectivity index (χ1) is 14.2. The minimum Gasteiger partial charge on any atom is -0.370 e. The summed E-state index contributed by atoms with van der Waals surface area (Å²) in [5.41, 5.74) is 3.08. The molecule has 0 heterocycles. The topological polar surface area (TPSA) is 73.8 Å². The Balaban J connectivity index is 1.97. The van der Waals surface area contributed by atoms with E-state index in [2.05, 4.69) is 15.6 Å². The molecule has 0 radical (unpaired) electrons. The van der Waals surface area contributed by atoms with Crippen LogP contribution in [0.25, 0.3) is 0 Å². The van der Waals surface area contributed by atoms with Gasteiger partial charge in [-0.1, -0.05) is 18.2 Å². The molecular weight excluding hydrogens is 403 g/mol. The third kappa shape index (κ3) is 6.19. The van der Waals surface area contributed by atoms with Crippen LogP contribution >= 0.6 is 0 Å². The molecule has 2 rings (SSSR count). The van der Waals surface area contributed by atoms with Gasteiger partial charge in [-0.3, -0.25) is 4.99 Å². The zero-order valence-corrected chi connectivity index (χ0v) is 19.1. The first-order valence-corrected chi connectivity index (χ1v) is 11.9. The summed E-state index contributed by atoms with van der Waals surface area (Å²) >= 11 is 0. The number of aryl methyl sites for hydroxylation is 1. The zero-order valence-electron chi connectivity index (χ0n) is 18.3. The predicted octanol–water partition coefficient (Wildman–Crippen LogP) is 3.25. The van der Waals surface area contributed by atoms with E-state index < -0.39 is 9.84 Å². The van der Waals surface area contributed by atoms with Crippen molar-refractivity contribution < 1.29 is 12.8 Å². The number of hydrogen-bond acceptors (Lipinski definition) is 4. The highest BCUT2D eigenvalue weighted by Crippen LogP contribution is 2.20. The Kier molecular flexibility index (Phi) is 8.23. The number of hydrogen-bond donors (Lipinski definition) is 2. The van der Waals surface area contributed by atoms with Gasteiger partial charge >= 0.3 is 0 Å². The number of anilines is 1. The lowest BCUT2D eigenvalue weighted by Crippen LogP contribution is -2.36. The lowest BCUT2D eigenvalue weighted by molar-refractivity contribution is 0.601. The summed E-state index contributed by atoms with van der Waals surface area (Å²) in [4.78, 5) is 6.50. The molecule has 8 heteroatoms. The maximum atomic E-state index is 14.4. The van der Waals surface area contributed by atoms with Gasteiger partial charge in [0.15, 0.2) is 15.8 Å². The Morgan fingerprint density at radius 2 is 1.60 bits per heavy atom. The molecule has 0 spiro atoms. The number of benzene rings is 2. The van der Waals surface area contributed by atoms with E-state index >= 15 is 0 Å². The molecule has 0 aromatic heterocycles. The van der Waals surface area contributed by atoms with E-state index in [0.717, 1.165) is 24.2 Å². The third-order valence-corrected chi connectivity index (χ3v) is 6.16. The van der Waals surface area contributed by atoms with E-state index in [1.165, 1.54) is 6.26 Å². The fourth-order valence-electron chi connectivity index (χ4n) is 3.31. The normalized spacial score (nSPS) is 12.0. The summed E-state index contributed by atoms with van der Waals surface area (Å²) in [6.45, 7) is 8.22. The van der Waals surface area contributed by atoms with Gasteiger partial charge in [0.1, 0.15) is 5.82 Å². The van der Waals surface area contributed by atoms with Gasteiger partial charge in [-0.15, -0.1) is 0 Å². The zero-order chi connectivity index (χ0) is 22.3. The minimum atomic E-state index is -3.23. The number of aliphatic imine (C=N–C) groups is 1. The number of nitrogens with zero attached hydrogens (tertiary/aromatic N) is 2. The third-order valence-electron chi connectivity index (χ3n) is 4.90. The van der Waals surface area contributed by atoms with Crippen molar-refractivity contribution in [3.05, 3.63) is 58.9 Å². The highest BCUT2D eigenvalue weighted by Gasteiger charge is 2.12. The van der Waals surface area contributed by atoms with Gasteiger partial charge in [-0.05, 0) is 55.7 Å². The molecule has 0 saturated heterocycles. The Labute approximate surface area is 179 Å². The predicted molar refractivity (Wildman–Crippen MR) is 121 cm³/mol. The minimum absolute atomic E-state index is 0.234. The average Bonchev–Trinajstić information content (AvgIpc) is 2.69. The number of rotatable bonds is 8. The van der Waals surface area contributed by atoms with Crippen molar-refractivity contribution in [2.24, 2.45) is 4.99 Å². The molecule has 0 atom stereocenters. The average molecular weight is 435 g/mol. The standard InChI is InChI=1S/C22H31FN4O2S/c1-6-27(7-2)20-10-8-18(13-19(20)23)15-26-22(24-4)25-14-17-9-11-21(16(3)12-17)30(5,28)29/h8-13H,6-7,14-15H2,1-5H3,(H2,24,25,26). The maximum absolute atomic E-state index is 14.4. The molecule has 0 aliphatic heterocycles. The quantitative estimate of drug-likeness (QED) is 0.493. The van der Waals surface area contributed by atoms with Crippen LogP contribution in [0.1, 0.15) is 30.5 Å². The molecular formula is C22H31FN4O2S. The van der Waals surface area contributed by atoms with Crippen LogP contribution in [0.15, 0.2) is 46.3 Å². The van der Waals surface area contributed by atoms with Crippen molar-refractivity contribution in [1.82, 2.24) is 10.6 Å². The van der Waals surface area contributed by atoms with Gasteiger partial charge in [-0.25, -0.2) is 12.8 Å². The first kappa shape index (κ1) is 23.7. The lowest BCUT2D eigenvalue weighted by Gasteiger charge is -2.22. The summed E-state index contributed by atoms with van der Waals surface area (Å²) in [6, 6.07) is 10.5. The molecule has 2 aromatic carbocycles. The van der Waals surface area contributed by atoms with Crippen LogP contribution in [0, 0.1) is 12.7 Å². The van der Waals surface area contributed by atoms with E-state index in [0.29, 0.717) is 35.2 Å². The van der Waals surface area contributed by atoms with Crippen molar-refractivity contribution in [2.75, 3.05) is 31.3 Å². The fraction of sp³-hybridized carbons (Fsp3) is 0.409. The molecule has 30 heavy (non-hydrogen) atoms. The number of nitrogens with one attached hydrogen (secondary N) is 2. The highest BCUT2D eigenvalue weighted by atomic mass is 32.2. The van der Waals surface area contributed by atoms with Gasteiger partial charge in [-0.2, -0.15) is 0 Å². The van der Waals surface area contributed by atoms with Crippen molar-refractivity contribution in [1.29, 1.82) is 0 Å². The largest absolute Gasteiger partial charge is 0.370 e. The molecule has 2 N–H and O–H groups in total. The van der Waals surface area contributed by atoms with Crippen LogP contribution < -0.4 is 15.5 Å². The van der Waals surface area contributed by atoms with Crippen LogP contribution in [0.5, 0.6) is 0 Å². The van der Waals surface area contributed by atoms with E-state index in [-0.39, 0.29) is 5.82 Å². The molecule has 2 aromatic rings. The Hall–Kier alpha value is -2.61. The molecule has 0 fully saturated rings. The summed E-state index contributed by atoms with van der Waals surface area (Å²) < 4.78 is 37.9. The second-order valence-corrected chi connectivity index (χ2v) is 9.09. The van der Waals surface area contributed by atoms with E-state index in [4.69, 9.17) is 0 Å². The van der Waals surface area contributed by atoms with Gasteiger partial charge in [0.2, 0.25) is 0 Å². The lowest BCUT2D eigenvalue weighted by atomic mass is 10.1. The number of halogens is 1. The second-order valence-electron chi connectivity index (χ2n) is 7.11. The van der Waals surface area contributed by atoms with Gasteiger partial charge in [0.05, 0.1) is 10.6 Å². The SMILES string of the molecule is CCN(CC)c1ccc(CNC(=NC)NCc2ccc(S(C)(=O)=O)c(C)c2)cc1F. The molecule has 6 nitrogen and oxygen atoms in total. The number of sulfone groups is 1. The fourth-order valence-corrected chi connectivity index (χ4v) is 4.27. The van der Waals surface area contributed by atoms with Crippen molar-refractivity contribution in [2.45, 2.75) is 38.8 Å². The van der Waals surface area contributed by atoms with Crippen molar-refractivity contribution >= 4 is 21.5 Å². The summed E-state index contributed by atoms with van der Waals surface area (Å²) in [6.07, 6.45) is 1.20. The van der Waals surface area contributed by atoms with E-state index in [1.807, 2.05) is 36.9 Å². The van der Waals surface area contributed by atoms with E-state index in [1.54, 1.807) is 32.2 Å². The van der Waals surface area contributed by atoms with Crippen molar-refractivity contribution in [3.8, 4) is 0 Å². The Morgan fingerprint density at radius 3 is 2.07 bits per heavy atom. The molecule has 0 amide bonds. The summed E-state index contributed by atoms with van der Waals surface area (Å²) in [7, 11) is -1.57. The summed E-state index contributed by atoms with van der Waals surface area (Å²) in [5, 5.41) is 6.36. The van der Waals surface area contributed by atoms with Crippen LogP contribution in [0.4, 0.5) is 10.1 Å². The van der Waals surface area contributed by atoms with Gasteiger partial charge in [0.25, 0.3) is 0 Å². The molecule has 0 saturated carbocycles. The van der Waals surface area contributed by atoms with E-state index in [9.17, 15) is 12.8 Å². The molecule has 0 unspecified atom stereocenters. The van der Waals surface area contributed by atoms with Crippen molar-refractivity contribution in [3.63, 3.8) is 0 Å². The molecule has 0 aliphatic rings. The highest BCUT2D eigenvalue weighted by molar-refractivity contribution is 7.90. The second kappa shape index (κ2) is 10.4. The Morgan fingerprint density at radius 1 is 1.03 bits per heavy atom. The smallest absolute Gasteiger partial charge is 0.191 e. The Bertz CT molecular complexity index is 1000. The van der Waals surface area contributed by atoms with Gasteiger partial charge < -0.3 is 15.5 Å². The molecule has 164 valence electrons. The molecule has 0 bridgehead atoms. The van der Waals surface area contributed by atoms with Crippen LogP contribution in [0.3, 0.4) is 0 Å². The first-order valence-electron chi connectivity index (χ1n) is 9.97. The van der Waals surface area contributed by atoms with Gasteiger partial charge in [0, 0.05) is 39.5 Å². The van der Waals surface area contributed by atoms with Crippen LogP contribution in [-0.2, 0) is 22.9 Å². The van der Waals surface area contributed by atoms with Crippen LogP contribution in [-0.4, -0.2) is 40.8 Å². The summed E-state index contributed by atoms with van der Waals surface area (Å²) in [5.74, 6) is 0.343. The monoisotopic (exact) mass is 434 g/mol. The number of guanidine groups is 1. The van der Waals surface area contributed by atoms with Crippen LogP contribution in [0.2, 0.25) is 0 Å². The molecule has 0 aliphatic carbocycles. The maximum Gasteiger partial charge on any atom is 0.191 e.